The molecule has 0 unspecified atom stereocenters. The van der Waals surface area contributed by atoms with Gasteiger partial charge in [-0.15, -0.1) is 0 Å². The van der Waals surface area contributed by atoms with E-state index in [0.717, 1.165) is 13.0 Å². The Morgan fingerprint density at radius 2 is 1.62 bits per heavy atom. The molecule has 0 atom stereocenters. The average molecular weight is 439 g/mol. The Labute approximate surface area is 190 Å². The lowest BCUT2D eigenvalue weighted by Crippen LogP contribution is -2.51. The highest BCUT2D eigenvalue weighted by atomic mass is 16.5. The molecule has 2 aliphatic heterocycles. The van der Waals surface area contributed by atoms with E-state index in [1.807, 2.05) is 17.0 Å². The largest absolute Gasteiger partial charge is 0.367 e. The first-order chi connectivity index (χ1) is 15.6. The maximum absolute atomic E-state index is 12.9. The van der Waals surface area contributed by atoms with Crippen LogP contribution in [0.15, 0.2) is 48.6 Å². The van der Waals surface area contributed by atoms with Crippen LogP contribution in [0.1, 0.15) is 28.8 Å². The first-order valence-corrected chi connectivity index (χ1v) is 11.4. The van der Waals surface area contributed by atoms with Crippen LogP contribution in [0.2, 0.25) is 0 Å². The van der Waals surface area contributed by atoms with Gasteiger partial charge < -0.3 is 24.8 Å². The van der Waals surface area contributed by atoms with Crippen molar-refractivity contribution >= 4 is 18.0 Å². The Morgan fingerprint density at radius 1 is 0.969 bits per heavy atom. The summed E-state index contributed by atoms with van der Waals surface area (Å²) >= 11 is 0. The van der Waals surface area contributed by atoms with Gasteiger partial charge in [-0.3, -0.25) is 9.59 Å². The quantitative estimate of drug-likeness (QED) is 0.450. The summed E-state index contributed by atoms with van der Waals surface area (Å²) in [4.78, 5) is 31.2. The molecule has 0 spiro atoms. The number of carbonyl (C=O) groups excluding carboxylic acids is 2. The Kier molecular flexibility index (Phi) is 9.19. The van der Waals surface area contributed by atoms with E-state index in [0.29, 0.717) is 37.3 Å². The maximum atomic E-state index is 12.9. The van der Waals surface area contributed by atoms with E-state index >= 15 is 0 Å². The van der Waals surface area contributed by atoms with Crippen LogP contribution >= 0.6 is 0 Å². The molecule has 2 fully saturated rings. The fourth-order valence-electron chi connectivity index (χ4n) is 4.09. The molecule has 2 heterocycles. The normalized spacial score (nSPS) is 17.4. The Bertz CT molecular complexity index is 820. The smallest absolute Gasteiger partial charge is 0.253 e. The van der Waals surface area contributed by atoms with Gasteiger partial charge in [-0.05, 0) is 55.6 Å². The molecule has 0 aliphatic carbocycles. The standard InChI is InChI=1S/C25H34N4O3/c1-2-5-22(18-26)19-32-20-24(30)28-14-16-29(17-15-28)25(31)23-8-6-21(7-9-23)10-13-27-11-3-4-12-27/h2,5-9,18,26H,1,3-4,10-17,19-20H2/b22-5+,26-18?. The molecule has 3 rings (SSSR count). The molecule has 1 N–H and O–H groups in total. The van der Waals surface area contributed by atoms with Crippen molar-refractivity contribution in [3.05, 3.63) is 59.7 Å². The highest BCUT2D eigenvalue weighted by Crippen LogP contribution is 2.13. The molecule has 172 valence electrons. The summed E-state index contributed by atoms with van der Waals surface area (Å²) in [6.45, 7) is 9.29. The lowest BCUT2D eigenvalue weighted by Gasteiger charge is -2.34. The molecular formula is C25H34N4O3. The van der Waals surface area contributed by atoms with Crippen LogP contribution in [0, 0.1) is 5.41 Å². The summed E-state index contributed by atoms with van der Waals surface area (Å²) in [5.41, 5.74) is 2.62. The minimum atomic E-state index is -0.0950. The highest BCUT2D eigenvalue weighted by Gasteiger charge is 2.25. The molecule has 0 saturated carbocycles. The summed E-state index contributed by atoms with van der Waals surface area (Å²) < 4.78 is 5.42. The van der Waals surface area contributed by atoms with Crippen molar-refractivity contribution in [2.45, 2.75) is 19.3 Å². The van der Waals surface area contributed by atoms with Crippen molar-refractivity contribution in [3.63, 3.8) is 0 Å². The molecule has 2 aliphatic rings. The topological polar surface area (TPSA) is 76.9 Å². The average Bonchev–Trinajstić information content (AvgIpc) is 3.36. The fraction of sp³-hybridized carbons (Fsp3) is 0.480. The number of amides is 2. The van der Waals surface area contributed by atoms with E-state index in [1.165, 1.54) is 37.7 Å². The number of ether oxygens (including phenoxy) is 1. The summed E-state index contributed by atoms with van der Waals surface area (Å²) in [7, 11) is 0. The predicted octanol–water partition coefficient (Wildman–Crippen LogP) is 2.39. The van der Waals surface area contributed by atoms with E-state index in [9.17, 15) is 9.59 Å². The minimum absolute atomic E-state index is 0.0182. The van der Waals surface area contributed by atoms with Crippen LogP contribution in [0.5, 0.6) is 0 Å². The number of hydrogen-bond donors (Lipinski definition) is 1. The number of nitrogens with zero attached hydrogens (tertiary/aromatic N) is 3. The maximum Gasteiger partial charge on any atom is 0.253 e. The van der Waals surface area contributed by atoms with E-state index < -0.39 is 0 Å². The number of piperazine rings is 1. The van der Waals surface area contributed by atoms with Crippen LogP contribution in [-0.4, -0.2) is 91.8 Å². The molecule has 32 heavy (non-hydrogen) atoms. The fourth-order valence-corrected chi connectivity index (χ4v) is 4.09. The van der Waals surface area contributed by atoms with Gasteiger partial charge in [-0.25, -0.2) is 0 Å². The van der Waals surface area contributed by atoms with Crippen LogP contribution in [0.25, 0.3) is 0 Å². The van der Waals surface area contributed by atoms with Crippen LogP contribution in [-0.2, 0) is 16.0 Å². The molecule has 0 bridgehead atoms. The molecule has 1 aromatic carbocycles. The second-order valence-corrected chi connectivity index (χ2v) is 8.28. The molecule has 7 heteroatoms. The van der Waals surface area contributed by atoms with E-state index in [2.05, 4.69) is 23.6 Å². The summed E-state index contributed by atoms with van der Waals surface area (Å²) in [6.07, 6.45) is 8.08. The number of rotatable bonds is 10. The Morgan fingerprint density at radius 3 is 2.25 bits per heavy atom. The second kappa shape index (κ2) is 12.3. The molecule has 1 aromatic rings. The number of allylic oxidation sites excluding steroid dienone is 2. The van der Waals surface area contributed by atoms with Gasteiger partial charge in [0.2, 0.25) is 5.91 Å². The van der Waals surface area contributed by atoms with Crippen LogP contribution in [0.3, 0.4) is 0 Å². The van der Waals surface area contributed by atoms with Gasteiger partial charge in [0.25, 0.3) is 5.91 Å². The van der Waals surface area contributed by atoms with Gasteiger partial charge >= 0.3 is 0 Å². The summed E-state index contributed by atoms with van der Waals surface area (Å²) in [5, 5.41) is 7.29. The highest BCUT2D eigenvalue weighted by molar-refractivity contribution is 5.94. The van der Waals surface area contributed by atoms with Gasteiger partial charge in [-0.2, -0.15) is 0 Å². The third kappa shape index (κ3) is 6.87. The SMILES string of the molecule is C=C/C=C(\C=N)COCC(=O)N1CCN(C(=O)c2ccc(CCN3CCCC3)cc2)CC1. The number of hydrogen-bond acceptors (Lipinski definition) is 5. The third-order valence-corrected chi connectivity index (χ3v) is 6.05. The predicted molar refractivity (Wildman–Crippen MR) is 126 cm³/mol. The zero-order valence-electron chi connectivity index (χ0n) is 18.8. The van der Waals surface area contributed by atoms with Crippen molar-refractivity contribution < 1.29 is 14.3 Å². The number of benzene rings is 1. The Balaban J connectivity index is 1.40. The Hall–Kier alpha value is -2.77. The number of carbonyl (C=O) groups is 2. The number of nitrogens with one attached hydrogen (secondary N) is 1. The van der Waals surface area contributed by atoms with Gasteiger partial charge in [0.1, 0.15) is 6.61 Å². The first kappa shape index (κ1) is 23.9. The van der Waals surface area contributed by atoms with E-state index in [4.69, 9.17) is 10.1 Å². The zero-order valence-corrected chi connectivity index (χ0v) is 18.8. The molecule has 0 radical (unpaired) electrons. The van der Waals surface area contributed by atoms with E-state index in [-0.39, 0.29) is 25.0 Å². The van der Waals surface area contributed by atoms with Gasteiger partial charge in [0, 0.05) is 44.5 Å². The second-order valence-electron chi connectivity index (χ2n) is 8.28. The lowest BCUT2D eigenvalue weighted by atomic mass is 10.1. The van der Waals surface area contributed by atoms with Crippen molar-refractivity contribution in [3.8, 4) is 0 Å². The van der Waals surface area contributed by atoms with Crippen molar-refractivity contribution in [1.82, 2.24) is 14.7 Å². The molecule has 2 amide bonds. The third-order valence-electron chi connectivity index (χ3n) is 6.05. The van der Waals surface area contributed by atoms with Crippen LogP contribution < -0.4 is 0 Å². The minimum Gasteiger partial charge on any atom is -0.367 e. The van der Waals surface area contributed by atoms with Gasteiger partial charge in [0.05, 0.1) is 6.61 Å². The summed E-state index contributed by atoms with van der Waals surface area (Å²) in [5.74, 6) is -0.0768. The van der Waals surface area contributed by atoms with Crippen LogP contribution in [0.4, 0.5) is 0 Å². The molecule has 0 aromatic heterocycles. The summed E-state index contributed by atoms with van der Waals surface area (Å²) in [6, 6.07) is 7.96. The van der Waals surface area contributed by atoms with Crippen molar-refractivity contribution in [2.75, 3.05) is 59.0 Å². The number of likely N-dealkylation sites (tertiary alicyclic amines) is 1. The van der Waals surface area contributed by atoms with Gasteiger partial charge in [-0.1, -0.05) is 30.9 Å². The lowest BCUT2D eigenvalue weighted by molar-refractivity contribution is -0.137. The molecule has 2 saturated heterocycles. The monoisotopic (exact) mass is 438 g/mol. The molecule has 7 nitrogen and oxygen atoms in total. The van der Waals surface area contributed by atoms with Crippen molar-refractivity contribution in [1.29, 1.82) is 5.41 Å². The van der Waals surface area contributed by atoms with E-state index in [1.54, 1.807) is 17.1 Å². The molecular weight excluding hydrogens is 404 g/mol. The zero-order chi connectivity index (χ0) is 22.8. The van der Waals surface area contributed by atoms with Gasteiger partial charge in [0.15, 0.2) is 0 Å². The van der Waals surface area contributed by atoms with Crippen molar-refractivity contribution in [2.24, 2.45) is 0 Å². The first-order valence-electron chi connectivity index (χ1n) is 11.4.